The van der Waals surface area contributed by atoms with Crippen molar-refractivity contribution in [2.75, 3.05) is 26.0 Å². The minimum absolute atomic E-state index is 0.0726. The number of hydrogen-bond acceptors (Lipinski definition) is 4. The first kappa shape index (κ1) is 17.9. The summed E-state index contributed by atoms with van der Waals surface area (Å²) < 4.78 is 5.27. The number of anilines is 1. The Morgan fingerprint density at radius 2 is 2.00 bits per heavy atom. The lowest BCUT2D eigenvalue weighted by Gasteiger charge is -2.31. The van der Waals surface area contributed by atoms with Crippen LogP contribution in [0.25, 0.3) is 0 Å². The maximum Gasteiger partial charge on any atom is 0.238 e. The highest BCUT2D eigenvalue weighted by Gasteiger charge is 2.23. The molecular weight excluding hydrogens is 302 g/mol. The standard InChI is InChI=1S/C19H25N3O2/c1-14(2)19(15-8-7-11-20-12-15)22(3)13-18(23)21-16-9-5-6-10-17(16)24-4/h5-12,14,19H,13H2,1-4H3,(H,21,23)/t19-/m0/s1. The van der Waals surface area contributed by atoms with Crippen molar-refractivity contribution in [2.24, 2.45) is 5.92 Å². The molecule has 1 atom stereocenters. The summed E-state index contributed by atoms with van der Waals surface area (Å²) in [7, 11) is 3.55. The number of nitrogens with one attached hydrogen (secondary N) is 1. The number of carbonyl (C=O) groups is 1. The third-order valence-corrected chi connectivity index (χ3v) is 3.91. The fourth-order valence-electron chi connectivity index (χ4n) is 2.96. The number of carbonyl (C=O) groups excluding carboxylic acids is 1. The maximum atomic E-state index is 12.4. The Morgan fingerprint density at radius 3 is 2.62 bits per heavy atom. The van der Waals surface area contributed by atoms with E-state index < -0.39 is 0 Å². The van der Waals surface area contributed by atoms with Crippen molar-refractivity contribution < 1.29 is 9.53 Å². The van der Waals surface area contributed by atoms with Gasteiger partial charge in [0, 0.05) is 18.4 Å². The van der Waals surface area contributed by atoms with Crippen molar-refractivity contribution in [1.29, 1.82) is 0 Å². The van der Waals surface area contributed by atoms with Crippen LogP contribution in [0.2, 0.25) is 0 Å². The molecule has 1 heterocycles. The highest BCUT2D eigenvalue weighted by Crippen LogP contribution is 2.27. The third kappa shape index (κ3) is 4.55. The first-order chi connectivity index (χ1) is 11.5. The molecule has 24 heavy (non-hydrogen) atoms. The van der Waals surface area contributed by atoms with Gasteiger partial charge in [0.15, 0.2) is 0 Å². The molecule has 0 aliphatic rings. The largest absolute Gasteiger partial charge is 0.495 e. The Morgan fingerprint density at radius 1 is 1.25 bits per heavy atom. The van der Waals surface area contributed by atoms with Crippen LogP contribution in [0.5, 0.6) is 5.75 Å². The average Bonchev–Trinajstić information content (AvgIpc) is 2.56. The van der Waals surface area contributed by atoms with Crippen molar-refractivity contribution in [3.05, 3.63) is 54.4 Å². The quantitative estimate of drug-likeness (QED) is 0.847. The smallest absolute Gasteiger partial charge is 0.238 e. The molecule has 1 aromatic carbocycles. The molecule has 5 nitrogen and oxygen atoms in total. The number of pyridine rings is 1. The van der Waals surface area contributed by atoms with Crippen molar-refractivity contribution in [1.82, 2.24) is 9.88 Å². The highest BCUT2D eigenvalue weighted by molar-refractivity contribution is 5.93. The van der Waals surface area contributed by atoms with Gasteiger partial charge < -0.3 is 10.1 Å². The normalized spacial score (nSPS) is 12.2. The first-order valence-electron chi connectivity index (χ1n) is 8.06. The van der Waals surface area contributed by atoms with E-state index in [4.69, 9.17) is 4.74 Å². The summed E-state index contributed by atoms with van der Waals surface area (Å²) in [4.78, 5) is 18.7. The Bertz CT molecular complexity index is 659. The number of rotatable bonds is 7. The van der Waals surface area contributed by atoms with Crippen LogP contribution in [0.15, 0.2) is 48.8 Å². The number of methoxy groups -OCH3 is 1. The summed E-state index contributed by atoms with van der Waals surface area (Å²) >= 11 is 0. The number of ether oxygens (including phenoxy) is 1. The van der Waals surface area contributed by atoms with E-state index in [1.165, 1.54) is 0 Å². The summed E-state index contributed by atoms with van der Waals surface area (Å²) in [5, 5.41) is 2.92. The Labute approximate surface area is 143 Å². The number of para-hydroxylation sites is 2. The van der Waals surface area contributed by atoms with Crippen LogP contribution in [-0.2, 0) is 4.79 Å². The van der Waals surface area contributed by atoms with Crippen LogP contribution in [0.1, 0.15) is 25.5 Å². The summed E-state index contributed by atoms with van der Waals surface area (Å²) in [5.41, 5.74) is 1.79. The van der Waals surface area contributed by atoms with E-state index in [1.54, 1.807) is 13.3 Å². The SMILES string of the molecule is COc1ccccc1NC(=O)CN(C)[C@H](c1cccnc1)C(C)C. The summed E-state index contributed by atoms with van der Waals surface area (Å²) in [6, 6.07) is 11.5. The van der Waals surface area contributed by atoms with E-state index in [1.807, 2.05) is 54.5 Å². The fraction of sp³-hybridized carbons (Fsp3) is 0.368. The van der Waals surface area contributed by atoms with E-state index in [0.717, 1.165) is 5.56 Å². The molecule has 1 amide bonds. The van der Waals surface area contributed by atoms with Gasteiger partial charge in [0.05, 0.1) is 19.3 Å². The second-order valence-corrected chi connectivity index (χ2v) is 6.14. The molecule has 2 rings (SSSR count). The number of amides is 1. The van der Waals surface area contributed by atoms with Gasteiger partial charge in [0.2, 0.25) is 5.91 Å². The minimum atomic E-state index is -0.0726. The molecule has 0 aliphatic carbocycles. The predicted molar refractivity (Wildman–Crippen MR) is 96.1 cm³/mol. The van der Waals surface area contributed by atoms with Crippen LogP contribution in [0.4, 0.5) is 5.69 Å². The van der Waals surface area contributed by atoms with E-state index in [2.05, 4.69) is 24.1 Å². The number of aromatic nitrogens is 1. The topological polar surface area (TPSA) is 54.5 Å². The molecule has 1 aromatic heterocycles. The second kappa shape index (κ2) is 8.45. The molecule has 0 aliphatic heterocycles. The van der Waals surface area contributed by atoms with Gasteiger partial charge in [-0.15, -0.1) is 0 Å². The maximum absolute atomic E-state index is 12.4. The molecule has 0 saturated heterocycles. The lowest BCUT2D eigenvalue weighted by Crippen LogP contribution is -2.35. The Hall–Kier alpha value is -2.40. The van der Waals surface area contributed by atoms with Gasteiger partial charge in [0.1, 0.15) is 5.75 Å². The predicted octanol–water partition coefficient (Wildman–Crippen LogP) is 3.36. The molecule has 128 valence electrons. The molecule has 1 N–H and O–H groups in total. The third-order valence-electron chi connectivity index (χ3n) is 3.91. The molecule has 0 unspecified atom stereocenters. The van der Waals surface area contributed by atoms with Crippen molar-refractivity contribution in [3.63, 3.8) is 0 Å². The van der Waals surface area contributed by atoms with E-state index in [-0.39, 0.29) is 18.5 Å². The second-order valence-electron chi connectivity index (χ2n) is 6.14. The molecule has 5 heteroatoms. The van der Waals surface area contributed by atoms with Crippen molar-refractivity contribution in [3.8, 4) is 5.75 Å². The molecule has 0 spiro atoms. The zero-order valence-electron chi connectivity index (χ0n) is 14.7. The van der Waals surface area contributed by atoms with Gasteiger partial charge in [-0.05, 0) is 36.7 Å². The van der Waals surface area contributed by atoms with Gasteiger partial charge in [-0.3, -0.25) is 14.7 Å². The van der Waals surface area contributed by atoms with E-state index in [9.17, 15) is 4.79 Å². The molecule has 0 radical (unpaired) electrons. The van der Waals surface area contributed by atoms with Crippen LogP contribution >= 0.6 is 0 Å². The number of benzene rings is 1. The van der Waals surface area contributed by atoms with Gasteiger partial charge in [0.25, 0.3) is 0 Å². The van der Waals surface area contributed by atoms with Crippen LogP contribution in [-0.4, -0.2) is 36.5 Å². The van der Waals surface area contributed by atoms with Crippen LogP contribution in [0, 0.1) is 5.92 Å². The highest BCUT2D eigenvalue weighted by atomic mass is 16.5. The van der Waals surface area contributed by atoms with Gasteiger partial charge in [-0.25, -0.2) is 0 Å². The van der Waals surface area contributed by atoms with E-state index >= 15 is 0 Å². The van der Waals surface area contributed by atoms with Crippen molar-refractivity contribution in [2.45, 2.75) is 19.9 Å². The summed E-state index contributed by atoms with van der Waals surface area (Å²) in [6.07, 6.45) is 3.62. The Balaban J connectivity index is 2.06. The van der Waals surface area contributed by atoms with E-state index in [0.29, 0.717) is 17.4 Å². The average molecular weight is 327 g/mol. The fourth-order valence-corrected chi connectivity index (χ4v) is 2.96. The molecule has 0 bridgehead atoms. The zero-order chi connectivity index (χ0) is 17.5. The molecule has 0 saturated carbocycles. The monoisotopic (exact) mass is 327 g/mol. The number of hydrogen-bond donors (Lipinski definition) is 1. The van der Waals surface area contributed by atoms with Gasteiger partial charge in [-0.2, -0.15) is 0 Å². The lowest BCUT2D eigenvalue weighted by atomic mass is 9.96. The lowest BCUT2D eigenvalue weighted by molar-refractivity contribution is -0.117. The molecule has 0 fully saturated rings. The summed E-state index contributed by atoms with van der Waals surface area (Å²) in [6.45, 7) is 4.58. The van der Waals surface area contributed by atoms with Gasteiger partial charge in [-0.1, -0.05) is 32.0 Å². The first-order valence-corrected chi connectivity index (χ1v) is 8.06. The van der Waals surface area contributed by atoms with Crippen LogP contribution < -0.4 is 10.1 Å². The number of nitrogens with zero attached hydrogens (tertiary/aromatic N) is 2. The Kier molecular flexibility index (Phi) is 6.32. The van der Waals surface area contributed by atoms with Crippen LogP contribution in [0.3, 0.4) is 0 Å². The minimum Gasteiger partial charge on any atom is -0.495 e. The van der Waals surface area contributed by atoms with Crippen molar-refractivity contribution >= 4 is 11.6 Å². The summed E-state index contributed by atoms with van der Waals surface area (Å²) in [5.74, 6) is 0.941. The molecule has 2 aromatic rings. The number of likely N-dealkylation sites (N-methyl/N-ethyl adjacent to an activating group) is 1. The zero-order valence-corrected chi connectivity index (χ0v) is 14.7. The molecular formula is C19H25N3O2. The van der Waals surface area contributed by atoms with Gasteiger partial charge >= 0.3 is 0 Å².